The van der Waals surface area contributed by atoms with Gasteiger partial charge in [-0.1, -0.05) is 24.3 Å². The topological polar surface area (TPSA) is 74.6 Å². The Kier molecular flexibility index (Phi) is 7.11. The summed E-state index contributed by atoms with van der Waals surface area (Å²) in [5, 5.41) is 19.2. The van der Waals surface area contributed by atoms with Crippen molar-refractivity contribution < 1.29 is 28.6 Å². The van der Waals surface area contributed by atoms with Crippen LogP contribution in [0.15, 0.2) is 54.6 Å². The summed E-state index contributed by atoms with van der Waals surface area (Å²) in [5.74, 6) is -2.10. The van der Waals surface area contributed by atoms with Gasteiger partial charge < -0.3 is 10.2 Å². The van der Waals surface area contributed by atoms with Crippen LogP contribution in [-0.2, 0) is 17.6 Å². The van der Waals surface area contributed by atoms with Crippen molar-refractivity contribution >= 4 is 11.8 Å². The van der Waals surface area contributed by atoms with Crippen LogP contribution in [0.5, 0.6) is 0 Å². The summed E-state index contributed by atoms with van der Waals surface area (Å²) in [7, 11) is 0. The highest BCUT2D eigenvalue weighted by Gasteiger charge is 2.32. The molecule has 0 bridgehead atoms. The van der Waals surface area contributed by atoms with Gasteiger partial charge in [0.2, 0.25) is 0 Å². The number of aliphatic hydroxyl groups is 1. The lowest BCUT2D eigenvalue weighted by molar-refractivity contribution is -0.121. The molecule has 158 valence electrons. The van der Waals surface area contributed by atoms with Gasteiger partial charge in [0.05, 0.1) is 11.7 Å². The number of halogens is 2. The molecule has 1 fully saturated rings. The third kappa shape index (κ3) is 5.60. The molecule has 6 heteroatoms. The number of carbonyl (C=O) groups excluding carboxylic acids is 1. The quantitative estimate of drug-likeness (QED) is 0.630. The first-order valence-electron chi connectivity index (χ1n) is 9.98. The van der Waals surface area contributed by atoms with Crippen LogP contribution in [0.1, 0.15) is 40.7 Å². The summed E-state index contributed by atoms with van der Waals surface area (Å²) < 4.78 is 27.0. The van der Waals surface area contributed by atoms with E-state index in [1.54, 1.807) is 30.3 Å². The maximum Gasteiger partial charge on any atom is 0.335 e. The van der Waals surface area contributed by atoms with Crippen LogP contribution in [0.2, 0.25) is 0 Å². The summed E-state index contributed by atoms with van der Waals surface area (Å²) in [6.07, 6.45) is 4.81. The highest BCUT2D eigenvalue weighted by molar-refractivity contribution is 5.87. The van der Waals surface area contributed by atoms with Gasteiger partial charge in [0, 0.05) is 18.8 Å². The Bertz CT molecular complexity index is 937. The van der Waals surface area contributed by atoms with E-state index < -0.39 is 23.7 Å². The summed E-state index contributed by atoms with van der Waals surface area (Å²) in [6, 6.07) is 9.75. The van der Waals surface area contributed by atoms with Gasteiger partial charge in [0.25, 0.3) is 0 Å². The Labute approximate surface area is 173 Å². The van der Waals surface area contributed by atoms with Crippen molar-refractivity contribution in [1.29, 1.82) is 0 Å². The second-order valence-corrected chi connectivity index (χ2v) is 7.71. The first-order chi connectivity index (χ1) is 14.3. The molecule has 2 N–H and O–H groups in total. The molecule has 4 nitrogen and oxygen atoms in total. The van der Waals surface area contributed by atoms with Gasteiger partial charge in [-0.25, -0.2) is 13.6 Å². The number of aryl methyl sites for hydroxylation is 1. The zero-order chi connectivity index (χ0) is 21.7. The molecule has 2 aromatic rings. The minimum atomic E-state index is -0.977. The molecule has 0 saturated heterocycles. The molecule has 1 aliphatic rings. The SMILES string of the molecule is O=C(O)c1ccc(CCC2C(=O)CCC2/C=C/C(O)Cc2cc(F)ccc2F)cc1. The first kappa shape index (κ1) is 21.8. The van der Waals surface area contributed by atoms with Crippen molar-refractivity contribution in [2.45, 2.75) is 38.2 Å². The van der Waals surface area contributed by atoms with Gasteiger partial charge in [-0.2, -0.15) is 0 Å². The van der Waals surface area contributed by atoms with E-state index in [0.29, 0.717) is 25.7 Å². The highest BCUT2D eigenvalue weighted by atomic mass is 19.1. The molecule has 1 aliphatic carbocycles. The van der Waals surface area contributed by atoms with E-state index in [1.807, 2.05) is 6.08 Å². The summed E-state index contributed by atoms with van der Waals surface area (Å²) >= 11 is 0. The molecule has 0 amide bonds. The third-order valence-electron chi connectivity index (χ3n) is 5.62. The van der Waals surface area contributed by atoms with Gasteiger partial charge >= 0.3 is 5.97 Å². The fourth-order valence-corrected chi connectivity index (χ4v) is 3.94. The Balaban J connectivity index is 1.58. The molecule has 30 heavy (non-hydrogen) atoms. The maximum absolute atomic E-state index is 13.7. The van der Waals surface area contributed by atoms with E-state index in [2.05, 4.69) is 0 Å². The molecule has 0 aliphatic heterocycles. The molecule has 0 heterocycles. The minimum absolute atomic E-state index is 0.0113. The number of benzene rings is 2. The second-order valence-electron chi connectivity index (χ2n) is 7.71. The number of hydrogen-bond acceptors (Lipinski definition) is 3. The third-order valence-corrected chi connectivity index (χ3v) is 5.62. The minimum Gasteiger partial charge on any atom is -0.478 e. The van der Waals surface area contributed by atoms with E-state index in [1.165, 1.54) is 0 Å². The van der Waals surface area contributed by atoms with Gasteiger partial charge in [-0.15, -0.1) is 0 Å². The van der Waals surface area contributed by atoms with Crippen molar-refractivity contribution in [1.82, 2.24) is 0 Å². The molecular weight excluding hydrogens is 390 g/mol. The average Bonchev–Trinajstić information content (AvgIpc) is 3.07. The lowest BCUT2D eigenvalue weighted by Gasteiger charge is -2.16. The highest BCUT2D eigenvalue weighted by Crippen LogP contribution is 2.33. The molecule has 0 radical (unpaired) electrons. The largest absolute Gasteiger partial charge is 0.478 e. The van der Waals surface area contributed by atoms with E-state index in [9.17, 15) is 23.5 Å². The molecular formula is C24H24F2O4. The van der Waals surface area contributed by atoms with Gasteiger partial charge in [-0.3, -0.25) is 4.79 Å². The number of aliphatic hydroxyl groups excluding tert-OH is 1. The summed E-state index contributed by atoms with van der Waals surface area (Å²) in [4.78, 5) is 23.2. The Hall–Kier alpha value is -2.86. The van der Waals surface area contributed by atoms with Gasteiger partial charge in [-0.05, 0) is 66.6 Å². The van der Waals surface area contributed by atoms with Crippen LogP contribution >= 0.6 is 0 Å². The van der Waals surface area contributed by atoms with Crippen LogP contribution in [0.4, 0.5) is 8.78 Å². The monoisotopic (exact) mass is 414 g/mol. The Morgan fingerprint density at radius 2 is 1.90 bits per heavy atom. The van der Waals surface area contributed by atoms with Crippen molar-refractivity contribution in [2.75, 3.05) is 0 Å². The lowest BCUT2D eigenvalue weighted by Crippen LogP contribution is -2.15. The number of aromatic carboxylic acids is 1. The summed E-state index contributed by atoms with van der Waals surface area (Å²) in [6.45, 7) is 0. The maximum atomic E-state index is 13.7. The number of carboxylic acid groups (broad SMARTS) is 1. The van der Waals surface area contributed by atoms with Crippen LogP contribution in [0.3, 0.4) is 0 Å². The number of Topliss-reactive ketones (excluding diaryl/α,β-unsaturated/α-hetero) is 1. The fraction of sp³-hybridized carbons (Fsp3) is 0.333. The lowest BCUT2D eigenvalue weighted by atomic mass is 9.88. The number of allylic oxidation sites excluding steroid dienone is 1. The van der Waals surface area contributed by atoms with E-state index in [-0.39, 0.29) is 35.2 Å². The van der Waals surface area contributed by atoms with Gasteiger partial charge in [0.1, 0.15) is 17.4 Å². The standard InChI is InChI=1S/C24H24F2O4/c25-19-8-11-22(26)18(13-19)14-20(27)9-6-16-7-12-23(28)21(16)10-3-15-1-4-17(5-2-15)24(29)30/h1-2,4-6,8-9,11,13,16,20-21,27H,3,7,10,12,14H2,(H,29,30)/b9-6+. The fourth-order valence-electron chi connectivity index (χ4n) is 3.94. The number of rotatable bonds is 8. The molecule has 0 spiro atoms. The van der Waals surface area contributed by atoms with Crippen LogP contribution in [0, 0.1) is 23.5 Å². The van der Waals surface area contributed by atoms with Crippen molar-refractivity contribution in [2.24, 2.45) is 11.8 Å². The molecule has 3 rings (SSSR count). The molecule has 2 aromatic carbocycles. The van der Waals surface area contributed by atoms with Gasteiger partial charge in [0.15, 0.2) is 0 Å². The molecule has 3 atom stereocenters. The predicted octanol–water partition coefficient (Wildman–Crippen LogP) is 4.35. The number of hydrogen-bond donors (Lipinski definition) is 2. The Morgan fingerprint density at radius 3 is 2.60 bits per heavy atom. The second kappa shape index (κ2) is 9.76. The molecule has 1 saturated carbocycles. The van der Waals surface area contributed by atoms with Crippen molar-refractivity contribution in [3.05, 3.63) is 82.9 Å². The average molecular weight is 414 g/mol. The zero-order valence-corrected chi connectivity index (χ0v) is 16.4. The number of carboxylic acids is 1. The van der Waals surface area contributed by atoms with Crippen molar-refractivity contribution in [3.63, 3.8) is 0 Å². The first-order valence-corrected chi connectivity index (χ1v) is 9.98. The number of carbonyl (C=O) groups is 2. The summed E-state index contributed by atoms with van der Waals surface area (Å²) in [5.41, 5.74) is 1.29. The normalized spacial score (nSPS) is 20.0. The van der Waals surface area contributed by atoms with Crippen LogP contribution in [0.25, 0.3) is 0 Å². The smallest absolute Gasteiger partial charge is 0.335 e. The number of ketones is 1. The van der Waals surface area contributed by atoms with E-state index in [4.69, 9.17) is 5.11 Å². The Morgan fingerprint density at radius 1 is 1.17 bits per heavy atom. The van der Waals surface area contributed by atoms with Crippen LogP contribution < -0.4 is 0 Å². The molecule has 3 unspecified atom stereocenters. The van der Waals surface area contributed by atoms with E-state index in [0.717, 1.165) is 23.8 Å². The van der Waals surface area contributed by atoms with Crippen molar-refractivity contribution in [3.8, 4) is 0 Å². The van der Waals surface area contributed by atoms with E-state index >= 15 is 0 Å². The zero-order valence-electron chi connectivity index (χ0n) is 16.4. The molecule has 0 aromatic heterocycles. The predicted molar refractivity (Wildman–Crippen MR) is 108 cm³/mol. The van der Waals surface area contributed by atoms with Crippen LogP contribution in [-0.4, -0.2) is 28.1 Å².